The van der Waals surface area contributed by atoms with Crippen LogP contribution < -0.4 is 10.2 Å². The van der Waals surface area contributed by atoms with Crippen LogP contribution in [0.3, 0.4) is 0 Å². The largest absolute Gasteiger partial charge is 0.504 e. The first-order valence-corrected chi connectivity index (χ1v) is 10.3. The predicted molar refractivity (Wildman–Crippen MR) is 122 cm³/mol. The quantitative estimate of drug-likeness (QED) is 0.281. The number of hydrazone groups is 1. The molecule has 0 aliphatic heterocycles. The van der Waals surface area contributed by atoms with Crippen molar-refractivity contribution in [2.45, 2.75) is 12.8 Å². The number of nitrogens with zero attached hydrogens (tertiary/aromatic N) is 1. The van der Waals surface area contributed by atoms with Crippen molar-refractivity contribution in [3.63, 3.8) is 0 Å². The molecule has 1 amide bonds. The molecule has 0 bridgehead atoms. The highest BCUT2D eigenvalue weighted by atomic mass is 127. The van der Waals surface area contributed by atoms with Crippen molar-refractivity contribution in [2.75, 3.05) is 6.61 Å². The van der Waals surface area contributed by atoms with Gasteiger partial charge in [0, 0.05) is 0 Å². The van der Waals surface area contributed by atoms with Crippen molar-refractivity contribution < 1.29 is 14.6 Å². The van der Waals surface area contributed by atoms with Gasteiger partial charge in [0.1, 0.15) is 0 Å². The zero-order valence-corrected chi connectivity index (χ0v) is 18.0. The molecule has 0 unspecified atom stereocenters. The maximum absolute atomic E-state index is 12.9. The summed E-state index contributed by atoms with van der Waals surface area (Å²) in [5.74, 6) is -0.203. The van der Waals surface area contributed by atoms with Gasteiger partial charge in [0.2, 0.25) is 0 Å². The second-order valence-electron chi connectivity index (χ2n) is 6.27. The Hall–Kier alpha value is -2.87. The van der Waals surface area contributed by atoms with Gasteiger partial charge in [-0.1, -0.05) is 60.7 Å². The predicted octanol–water partition coefficient (Wildman–Crippen LogP) is 4.68. The summed E-state index contributed by atoms with van der Waals surface area (Å²) in [5.41, 5.74) is 5.14. The number of rotatable bonds is 7. The van der Waals surface area contributed by atoms with Crippen LogP contribution in [0, 0.1) is 3.57 Å². The minimum Gasteiger partial charge on any atom is -0.504 e. The smallest absolute Gasteiger partial charge is 0.252 e. The fraction of sp³-hybridized carbons (Fsp3) is 0.130. The number of carbonyl (C=O) groups is 1. The third-order valence-corrected chi connectivity index (χ3v) is 5.09. The molecule has 148 valence electrons. The Morgan fingerprint density at radius 2 is 1.69 bits per heavy atom. The highest BCUT2D eigenvalue weighted by Crippen LogP contribution is 2.32. The van der Waals surface area contributed by atoms with Crippen LogP contribution in [0.1, 0.15) is 29.5 Å². The van der Waals surface area contributed by atoms with Crippen LogP contribution in [-0.4, -0.2) is 23.8 Å². The summed E-state index contributed by atoms with van der Waals surface area (Å²) in [6.07, 6.45) is 1.54. The molecule has 0 heterocycles. The Labute approximate surface area is 183 Å². The molecule has 29 heavy (non-hydrogen) atoms. The van der Waals surface area contributed by atoms with Crippen LogP contribution >= 0.6 is 22.6 Å². The Balaban J connectivity index is 1.81. The van der Waals surface area contributed by atoms with E-state index in [1.165, 1.54) is 6.21 Å². The van der Waals surface area contributed by atoms with Crippen molar-refractivity contribution in [2.24, 2.45) is 5.10 Å². The van der Waals surface area contributed by atoms with Crippen LogP contribution in [-0.2, 0) is 4.79 Å². The molecule has 0 aliphatic carbocycles. The number of hydrogen-bond donors (Lipinski definition) is 2. The molecule has 0 atom stereocenters. The molecule has 0 aromatic heterocycles. The second-order valence-corrected chi connectivity index (χ2v) is 7.43. The molecule has 0 radical (unpaired) electrons. The van der Waals surface area contributed by atoms with Gasteiger partial charge in [-0.25, -0.2) is 5.43 Å². The first-order chi connectivity index (χ1) is 14.1. The zero-order chi connectivity index (χ0) is 20.6. The molecule has 2 N–H and O–H groups in total. The van der Waals surface area contributed by atoms with E-state index in [1.54, 1.807) is 12.1 Å². The molecule has 0 saturated heterocycles. The van der Waals surface area contributed by atoms with Gasteiger partial charge in [0.05, 0.1) is 22.3 Å². The second kappa shape index (κ2) is 10.1. The molecule has 0 spiro atoms. The summed E-state index contributed by atoms with van der Waals surface area (Å²) in [6, 6.07) is 22.6. The van der Waals surface area contributed by atoms with E-state index >= 15 is 0 Å². The molecule has 3 aromatic rings. The van der Waals surface area contributed by atoms with E-state index < -0.39 is 5.92 Å². The van der Waals surface area contributed by atoms with Crippen LogP contribution in [0.15, 0.2) is 77.9 Å². The van der Waals surface area contributed by atoms with Gasteiger partial charge in [-0.3, -0.25) is 4.79 Å². The van der Waals surface area contributed by atoms with Gasteiger partial charge < -0.3 is 9.84 Å². The highest BCUT2D eigenvalue weighted by molar-refractivity contribution is 14.1. The van der Waals surface area contributed by atoms with E-state index in [-0.39, 0.29) is 11.7 Å². The normalized spacial score (nSPS) is 11.0. The van der Waals surface area contributed by atoms with E-state index in [0.29, 0.717) is 21.5 Å². The van der Waals surface area contributed by atoms with Crippen molar-refractivity contribution >= 4 is 34.7 Å². The summed E-state index contributed by atoms with van der Waals surface area (Å²) >= 11 is 2.03. The minimum atomic E-state index is -0.464. The molecule has 3 rings (SSSR count). The Morgan fingerprint density at radius 3 is 2.24 bits per heavy atom. The monoisotopic (exact) mass is 500 g/mol. The summed E-state index contributed by atoms with van der Waals surface area (Å²) in [5, 5.41) is 14.2. The Bertz CT molecular complexity index is 952. The lowest BCUT2D eigenvalue weighted by molar-refractivity contribution is -0.121. The maximum Gasteiger partial charge on any atom is 0.252 e. The number of nitrogens with one attached hydrogen (secondary N) is 1. The Kier molecular flexibility index (Phi) is 7.24. The van der Waals surface area contributed by atoms with E-state index in [2.05, 4.69) is 10.5 Å². The van der Waals surface area contributed by atoms with Crippen molar-refractivity contribution in [3.05, 3.63) is 93.1 Å². The molecule has 6 heteroatoms. The average molecular weight is 500 g/mol. The lowest BCUT2D eigenvalue weighted by atomic mass is 9.91. The number of phenolic OH excluding ortho intramolecular Hbond substituents is 1. The molecule has 0 fully saturated rings. The van der Waals surface area contributed by atoms with Crippen LogP contribution in [0.4, 0.5) is 0 Å². The Morgan fingerprint density at radius 1 is 1.10 bits per heavy atom. The van der Waals surface area contributed by atoms with E-state index in [9.17, 15) is 9.90 Å². The van der Waals surface area contributed by atoms with E-state index in [1.807, 2.05) is 90.2 Å². The van der Waals surface area contributed by atoms with Crippen LogP contribution in [0.2, 0.25) is 0 Å². The summed E-state index contributed by atoms with van der Waals surface area (Å²) in [4.78, 5) is 12.9. The molecule has 0 saturated carbocycles. The van der Waals surface area contributed by atoms with Crippen molar-refractivity contribution in [1.82, 2.24) is 5.43 Å². The SMILES string of the molecule is CCOc1cc(/C=N/NC(=O)C(c2ccccc2)c2ccccc2)cc(I)c1O. The van der Waals surface area contributed by atoms with Crippen LogP contribution in [0.5, 0.6) is 11.5 Å². The van der Waals surface area contributed by atoms with Gasteiger partial charge >= 0.3 is 0 Å². The third kappa shape index (κ3) is 5.35. The number of ether oxygens (including phenoxy) is 1. The number of halogens is 1. The average Bonchev–Trinajstić information content (AvgIpc) is 2.73. The molecule has 5 nitrogen and oxygen atoms in total. The third-order valence-electron chi connectivity index (χ3n) is 4.27. The van der Waals surface area contributed by atoms with Gasteiger partial charge in [0.15, 0.2) is 11.5 Å². The van der Waals surface area contributed by atoms with Crippen molar-refractivity contribution in [1.29, 1.82) is 0 Å². The van der Waals surface area contributed by atoms with Gasteiger partial charge in [-0.2, -0.15) is 5.10 Å². The van der Waals surface area contributed by atoms with E-state index in [4.69, 9.17) is 4.74 Å². The molecule has 0 aliphatic rings. The number of amides is 1. The number of aromatic hydroxyl groups is 1. The summed E-state index contributed by atoms with van der Waals surface area (Å²) in [6.45, 7) is 2.29. The van der Waals surface area contributed by atoms with Gasteiger partial charge in [0.25, 0.3) is 5.91 Å². The standard InChI is InChI=1S/C23H21IN2O3/c1-2-29-20-14-16(13-19(24)22(20)27)15-25-26-23(28)21(17-9-5-3-6-10-17)18-11-7-4-8-12-18/h3-15,21,27H,2H2,1H3,(H,26,28)/b25-15+. The number of benzene rings is 3. The first kappa shape index (κ1) is 20.9. The number of hydrogen-bond acceptors (Lipinski definition) is 4. The number of phenols is 1. The lowest BCUT2D eigenvalue weighted by Crippen LogP contribution is -2.26. The lowest BCUT2D eigenvalue weighted by Gasteiger charge is -2.16. The first-order valence-electron chi connectivity index (χ1n) is 9.18. The molecule has 3 aromatic carbocycles. The zero-order valence-electron chi connectivity index (χ0n) is 15.9. The van der Waals surface area contributed by atoms with Crippen molar-refractivity contribution in [3.8, 4) is 11.5 Å². The number of carbonyl (C=O) groups excluding carboxylic acids is 1. The van der Waals surface area contributed by atoms with Crippen LogP contribution in [0.25, 0.3) is 0 Å². The highest BCUT2D eigenvalue weighted by Gasteiger charge is 2.22. The molecular weight excluding hydrogens is 479 g/mol. The van der Waals surface area contributed by atoms with Gasteiger partial charge in [-0.05, 0) is 58.3 Å². The fourth-order valence-electron chi connectivity index (χ4n) is 2.96. The maximum atomic E-state index is 12.9. The summed E-state index contributed by atoms with van der Waals surface area (Å²) < 4.78 is 6.08. The summed E-state index contributed by atoms with van der Waals surface area (Å²) in [7, 11) is 0. The minimum absolute atomic E-state index is 0.0989. The molecular formula is C23H21IN2O3. The topological polar surface area (TPSA) is 70.9 Å². The van der Waals surface area contributed by atoms with Gasteiger partial charge in [-0.15, -0.1) is 0 Å². The van der Waals surface area contributed by atoms with E-state index in [0.717, 1.165) is 11.1 Å². The fourth-order valence-corrected chi connectivity index (χ4v) is 3.58.